The molecule has 0 aliphatic carbocycles. The lowest BCUT2D eigenvalue weighted by Gasteiger charge is -2.06. The fraction of sp³-hybridized carbons (Fsp3) is 0.429. The fourth-order valence-electron chi connectivity index (χ4n) is 1.86. The summed E-state index contributed by atoms with van der Waals surface area (Å²) in [5.41, 5.74) is 2.79. The van der Waals surface area contributed by atoms with Gasteiger partial charge in [0.25, 0.3) is 0 Å². The molecule has 1 aromatic heterocycles. The van der Waals surface area contributed by atoms with Gasteiger partial charge in [0.1, 0.15) is 5.52 Å². The molecule has 0 aliphatic rings. The van der Waals surface area contributed by atoms with E-state index < -0.39 is 0 Å². The molecule has 19 heavy (non-hydrogen) atoms. The van der Waals surface area contributed by atoms with Crippen LogP contribution in [0.3, 0.4) is 0 Å². The lowest BCUT2D eigenvalue weighted by atomic mass is 10.1. The molecule has 1 aromatic carbocycles. The third kappa shape index (κ3) is 3.71. The Morgan fingerprint density at radius 2 is 2.11 bits per heavy atom. The number of fused-ring (bicyclic) bond motifs is 1. The summed E-state index contributed by atoms with van der Waals surface area (Å²) in [6, 6.07) is 5.81. The lowest BCUT2D eigenvalue weighted by Crippen LogP contribution is -2.36. The van der Waals surface area contributed by atoms with Crippen molar-refractivity contribution < 1.29 is 9.21 Å². The first-order valence-corrected chi connectivity index (χ1v) is 6.57. The van der Waals surface area contributed by atoms with Crippen LogP contribution in [0.25, 0.3) is 11.1 Å². The summed E-state index contributed by atoms with van der Waals surface area (Å²) in [4.78, 5) is 15.6. The minimum atomic E-state index is -0.113. The summed E-state index contributed by atoms with van der Waals surface area (Å²) in [6.07, 6.45) is 1.71. The average Bonchev–Trinajstić information content (AvgIpc) is 2.75. The van der Waals surface area contributed by atoms with Gasteiger partial charge in [0.15, 0.2) is 11.5 Å². The topological polar surface area (TPSA) is 67.2 Å². The summed E-state index contributed by atoms with van der Waals surface area (Å²) in [5, 5.41) is 5.60. The van der Waals surface area contributed by atoms with Crippen molar-refractivity contribution in [1.29, 1.82) is 0 Å². The van der Waals surface area contributed by atoms with Crippen LogP contribution in [0, 0.1) is 6.92 Å². The summed E-state index contributed by atoms with van der Waals surface area (Å²) in [5.74, 6) is 0.671. The molecule has 0 radical (unpaired) electrons. The first-order chi connectivity index (χ1) is 9.19. The molecule has 2 N–H and O–H groups in total. The molecule has 1 heterocycles. The molecular formula is C14H19N3O2. The van der Waals surface area contributed by atoms with Crippen LogP contribution in [-0.4, -0.2) is 24.1 Å². The van der Waals surface area contributed by atoms with E-state index in [1.54, 1.807) is 0 Å². The zero-order chi connectivity index (χ0) is 13.7. The number of rotatable bonds is 5. The highest BCUT2D eigenvalue weighted by Gasteiger charge is 2.04. The minimum Gasteiger partial charge on any atom is -0.441 e. The minimum absolute atomic E-state index is 0.113. The zero-order valence-corrected chi connectivity index (χ0v) is 11.3. The molecule has 0 unspecified atom stereocenters. The number of aromatic nitrogens is 1. The first-order valence-electron chi connectivity index (χ1n) is 6.57. The average molecular weight is 261 g/mol. The standard InChI is InChI=1S/C14H19N3O2/c1-3-7-15-14(18)16-8-6-11-4-5-12-13(9-11)19-10(2)17-12/h4-5,9H,3,6-8H2,1-2H3,(H2,15,16,18). The van der Waals surface area contributed by atoms with Gasteiger partial charge in [-0.25, -0.2) is 9.78 Å². The number of nitrogens with zero attached hydrogens (tertiary/aromatic N) is 1. The Morgan fingerprint density at radius 3 is 2.89 bits per heavy atom. The molecule has 0 saturated carbocycles. The van der Waals surface area contributed by atoms with Crippen molar-refractivity contribution in [3.8, 4) is 0 Å². The maximum absolute atomic E-state index is 11.4. The Hall–Kier alpha value is -2.04. The van der Waals surface area contributed by atoms with Gasteiger partial charge in [0.2, 0.25) is 0 Å². The van der Waals surface area contributed by atoms with Crippen molar-refractivity contribution in [2.45, 2.75) is 26.7 Å². The van der Waals surface area contributed by atoms with Crippen molar-refractivity contribution in [2.24, 2.45) is 0 Å². The van der Waals surface area contributed by atoms with Gasteiger partial charge in [0, 0.05) is 20.0 Å². The number of hydrogen-bond donors (Lipinski definition) is 2. The molecule has 0 fully saturated rings. The van der Waals surface area contributed by atoms with Crippen LogP contribution in [0.1, 0.15) is 24.8 Å². The Balaban J connectivity index is 1.86. The summed E-state index contributed by atoms with van der Waals surface area (Å²) < 4.78 is 5.48. The van der Waals surface area contributed by atoms with Crippen LogP contribution in [-0.2, 0) is 6.42 Å². The van der Waals surface area contributed by atoms with Gasteiger partial charge in [-0.15, -0.1) is 0 Å². The number of urea groups is 1. The van der Waals surface area contributed by atoms with Crippen LogP contribution in [0.2, 0.25) is 0 Å². The number of carbonyl (C=O) groups excluding carboxylic acids is 1. The van der Waals surface area contributed by atoms with Gasteiger partial charge in [0.05, 0.1) is 0 Å². The van der Waals surface area contributed by atoms with Gasteiger partial charge < -0.3 is 15.1 Å². The molecule has 5 nitrogen and oxygen atoms in total. The van der Waals surface area contributed by atoms with Crippen LogP contribution in [0.5, 0.6) is 0 Å². The Kier molecular flexibility index (Phi) is 4.39. The fourth-order valence-corrected chi connectivity index (χ4v) is 1.86. The van der Waals surface area contributed by atoms with E-state index in [2.05, 4.69) is 15.6 Å². The van der Waals surface area contributed by atoms with E-state index in [0.29, 0.717) is 19.0 Å². The quantitative estimate of drug-likeness (QED) is 0.868. The van der Waals surface area contributed by atoms with Gasteiger partial charge >= 0.3 is 6.03 Å². The smallest absolute Gasteiger partial charge is 0.314 e. The van der Waals surface area contributed by atoms with Crippen molar-refractivity contribution in [3.05, 3.63) is 29.7 Å². The molecule has 2 aromatic rings. The summed E-state index contributed by atoms with van der Waals surface area (Å²) >= 11 is 0. The van der Waals surface area contributed by atoms with E-state index in [0.717, 1.165) is 29.5 Å². The SMILES string of the molecule is CCCNC(=O)NCCc1ccc2nc(C)oc2c1. The number of hydrogen-bond acceptors (Lipinski definition) is 3. The maximum atomic E-state index is 11.4. The molecule has 0 spiro atoms. The van der Waals surface area contributed by atoms with E-state index >= 15 is 0 Å². The van der Waals surface area contributed by atoms with Crippen LogP contribution < -0.4 is 10.6 Å². The van der Waals surface area contributed by atoms with Crippen molar-refractivity contribution in [2.75, 3.05) is 13.1 Å². The first kappa shape index (κ1) is 13.4. The second-order valence-electron chi connectivity index (χ2n) is 4.47. The predicted molar refractivity (Wildman–Crippen MR) is 74.1 cm³/mol. The molecule has 0 atom stereocenters. The molecule has 0 saturated heterocycles. The summed E-state index contributed by atoms with van der Waals surface area (Å²) in [7, 11) is 0. The lowest BCUT2D eigenvalue weighted by molar-refractivity contribution is 0.241. The molecular weight excluding hydrogens is 242 g/mol. The maximum Gasteiger partial charge on any atom is 0.314 e. The zero-order valence-electron chi connectivity index (χ0n) is 11.3. The number of benzene rings is 1. The van der Waals surface area contributed by atoms with Crippen LogP contribution >= 0.6 is 0 Å². The molecule has 0 aliphatic heterocycles. The molecule has 2 amide bonds. The molecule has 0 bridgehead atoms. The summed E-state index contributed by atoms with van der Waals surface area (Å²) in [6.45, 7) is 5.16. The van der Waals surface area contributed by atoms with E-state index in [-0.39, 0.29) is 6.03 Å². The highest BCUT2D eigenvalue weighted by molar-refractivity contribution is 5.74. The number of carbonyl (C=O) groups is 1. The van der Waals surface area contributed by atoms with Crippen LogP contribution in [0.4, 0.5) is 4.79 Å². The van der Waals surface area contributed by atoms with E-state index in [1.807, 2.05) is 32.0 Å². The highest BCUT2D eigenvalue weighted by atomic mass is 16.3. The third-order valence-electron chi connectivity index (χ3n) is 2.79. The predicted octanol–water partition coefficient (Wildman–Crippen LogP) is 2.39. The monoisotopic (exact) mass is 261 g/mol. The largest absolute Gasteiger partial charge is 0.441 e. The van der Waals surface area contributed by atoms with E-state index in [9.17, 15) is 4.79 Å². The van der Waals surface area contributed by atoms with Gasteiger partial charge in [-0.3, -0.25) is 0 Å². The number of oxazole rings is 1. The van der Waals surface area contributed by atoms with Gasteiger partial charge in [-0.2, -0.15) is 0 Å². The highest BCUT2D eigenvalue weighted by Crippen LogP contribution is 2.16. The molecule has 2 rings (SSSR count). The Morgan fingerprint density at radius 1 is 1.32 bits per heavy atom. The second kappa shape index (κ2) is 6.22. The normalized spacial score (nSPS) is 10.6. The Labute approximate surface area is 112 Å². The second-order valence-corrected chi connectivity index (χ2v) is 4.47. The third-order valence-corrected chi connectivity index (χ3v) is 2.79. The van der Waals surface area contributed by atoms with Crippen LogP contribution in [0.15, 0.2) is 22.6 Å². The van der Waals surface area contributed by atoms with Gasteiger partial charge in [-0.05, 0) is 30.5 Å². The number of amides is 2. The van der Waals surface area contributed by atoms with Crippen molar-refractivity contribution in [1.82, 2.24) is 15.6 Å². The van der Waals surface area contributed by atoms with Crippen molar-refractivity contribution >= 4 is 17.1 Å². The number of nitrogens with one attached hydrogen (secondary N) is 2. The Bertz CT molecular complexity index is 563. The van der Waals surface area contributed by atoms with Gasteiger partial charge in [-0.1, -0.05) is 13.0 Å². The van der Waals surface area contributed by atoms with E-state index in [4.69, 9.17) is 4.42 Å². The molecule has 102 valence electrons. The van der Waals surface area contributed by atoms with Crippen molar-refractivity contribution in [3.63, 3.8) is 0 Å². The molecule has 5 heteroatoms. The number of aryl methyl sites for hydroxylation is 1. The van der Waals surface area contributed by atoms with E-state index in [1.165, 1.54) is 0 Å².